The third kappa shape index (κ3) is 3.48. The van der Waals surface area contributed by atoms with Crippen molar-refractivity contribution < 1.29 is 9.84 Å². The Hall–Kier alpha value is -0.550. The zero-order chi connectivity index (χ0) is 13.1. The van der Waals surface area contributed by atoms with E-state index in [1.54, 1.807) is 30.4 Å². The molecular formula is C13H12BrClO2S. The highest BCUT2D eigenvalue weighted by Crippen LogP contribution is 2.29. The van der Waals surface area contributed by atoms with Crippen LogP contribution in [0.5, 0.6) is 5.75 Å². The van der Waals surface area contributed by atoms with Crippen molar-refractivity contribution in [1.82, 2.24) is 0 Å². The van der Waals surface area contributed by atoms with Crippen LogP contribution in [0, 0.1) is 0 Å². The zero-order valence-electron chi connectivity index (χ0n) is 9.69. The molecule has 0 bridgehead atoms. The molecule has 18 heavy (non-hydrogen) atoms. The van der Waals surface area contributed by atoms with E-state index in [-0.39, 0.29) is 0 Å². The Morgan fingerprint density at radius 2 is 2.17 bits per heavy atom. The Morgan fingerprint density at radius 3 is 2.72 bits per heavy atom. The first kappa shape index (κ1) is 13.9. The number of hydrogen-bond acceptors (Lipinski definition) is 3. The lowest BCUT2D eigenvalue weighted by molar-refractivity contribution is 0.199. The predicted octanol–water partition coefficient (Wildman–Crippen LogP) is 4.80. The largest absolute Gasteiger partial charge is 0.487 e. The van der Waals surface area contributed by atoms with Crippen LogP contribution in [0.3, 0.4) is 0 Å². The van der Waals surface area contributed by atoms with Crippen LogP contribution in [0.4, 0.5) is 0 Å². The topological polar surface area (TPSA) is 29.5 Å². The molecule has 96 valence electrons. The van der Waals surface area contributed by atoms with E-state index in [2.05, 4.69) is 15.9 Å². The van der Waals surface area contributed by atoms with Crippen molar-refractivity contribution in [1.29, 1.82) is 0 Å². The fourth-order valence-corrected chi connectivity index (χ4v) is 3.11. The molecule has 0 aliphatic rings. The van der Waals surface area contributed by atoms with E-state index in [1.807, 2.05) is 18.2 Å². The standard InChI is InChI=1S/C13H12BrClO2S/c1-8(16)9-2-4-12(11(15)6-9)17-7-10-3-5-13(14)18-10/h2-6,8,16H,7H2,1H3. The minimum Gasteiger partial charge on any atom is -0.487 e. The van der Waals surface area contributed by atoms with Crippen LogP contribution in [0.1, 0.15) is 23.5 Å². The van der Waals surface area contributed by atoms with E-state index in [1.165, 1.54) is 0 Å². The summed E-state index contributed by atoms with van der Waals surface area (Å²) in [6.45, 7) is 2.19. The van der Waals surface area contributed by atoms with Crippen molar-refractivity contribution >= 4 is 38.9 Å². The lowest BCUT2D eigenvalue weighted by atomic mass is 10.1. The first-order valence-corrected chi connectivity index (χ1v) is 7.39. The number of aliphatic hydroxyl groups is 1. The minimum absolute atomic E-state index is 0.490. The van der Waals surface area contributed by atoms with Crippen LogP contribution in [-0.2, 0) is 6.61 Å². The van der Waals surface area contributed by atoms with Crippen molar-refractivity contribution in [3.63, 3.8) is 0 Å². The zero-order valence-corrected chi connectivity index (χ0v) is 12.8. The molecule has 0 saturated carbocycles. The fourth-order valence-electron chi connectivity index (χ4n) is 1.47. The van der Waals surface area contributed by atoms with Crippen molar-refractivity contribution in [3.8, 4) is 5.75 Å². The maximum absolute atomic E-state index is 9.45. The Labute approximate surface area is 123 Å². The smallest absolute Gasteiger partial charge is 0.138 e. The summed E-state index contributed by atoms with van der Waals surface area (Å²) in [4.78, 5) is 1.12. The number of ether oxygens (including phenoxy) is 1. The number of halogens is 2. The summed E-state index contributed by atoms with van der Waals surface area (Å²) in [6, 6.07) is 9.32. The van der Waals surface area contributed by atoms with Crippen molar-refractivity contribution in [2.24, 2.45) is 0 Å². The van der Waals surface area contributed by atoms with E-state index in [0.29, 0.717) is 17.4 Å². The molecule has 0 aliphatic heterocycles. The molecule has 0 aliphatic carbocycles. The summed E-state index contributed by atoms with van der Waals surface area (Å²) >= 11 is 11.1. The van der Waals surface area contributed by atoms with Gasteiger partial charge in [-0.25, -0.2) is 0 Å². The van der Waals surface area contributed by atoms with Gasteiger partial charge >= 0.3 is 0 Å². The average Bonchev–Trinajstić information content (AvgIpc) is 2.73. The van der Waals surface area contributed by atoms with E-state index >= 15 is 0 Å². The molecule has 1 atom stereocenters. The van der Waals surface area contributed by atoms with Gasteiger partial charge in [-0.2, -0.15) is 0 Å². The quantitative estimate of drug-likeness (QED) is 0.861. The van der Waals surface area contributed by atoms with Gasteiger partial charge in [-0.15, -0.1) is 11.3 Å². The van der Waals surface area contributed by atoms with Crippen LogP contribution >= 0.6 is 38.9 Å². The molecule has 5 heteroatoms. The highest BCUT2D eigenvalue weighted by atomic mass is 79.9. The van der Waals surface area contributed by atoms with Crippen molar-refractivity contribution in [2.45, 2.75) is 19.6 Å². The molecule has 0 spiro atoms. The molecule has 1 N–H and O–H groups in total. The first-order chi connectivity index (χ1) is 8.56. The molecule has 0 saturated heterocycles. The van der Waals surface area contributed by atoms with Gasteiger partial charge in [0.1, 0.15) is 12.4 Å². The first-order valence-electron chi connectivity index (χ1n) is 5.41. The molecule has 1 aromatic heterocycles. The second-order valence-electron chi connectivity index (χ2n) is 3.86. The van der Waals surface area contributed by atoms with Gasteiger partial charge in [0.25, 0.3) is 0 Å². The number of thiophene rings is 1. The second kappa shape index (κ2) is 6.06. The van der Waals surface area contributed by atoms with Crippen LogP contribution in [0.25, 0.3) is 0 Å². The van der Waals surface area contributed by atoms with Crippen LogP contribution in [0.2, 0.25) is 5.02 Å². The van der Waals surface area contributed by atoms with Gasteiger partial charge in [0.2, 0.25) is 0 Å². The molecule has 1 unspecified atom stereocenters. The fraction of sp³-hybridized carbons (Fsp3) is 0.231. The van der Waals surface area contributed by atoms with Crippen molar-refractivity contribution in [2.75, 3.05) is 0 Å². The Bertz CT molecular complexity index is 540. The number of rotatable bonds is 4. The predicted molar refractivity (Wildman–Crippen MR) is 78.4 cm³/mol. The van der Waals surface area contributed by atoms with E-state index in [4.69, 9.17) is 16.3 Å². The van der Waals surface area contributed by atoms with E-state index < -0.39 is 6.10 Å². The summed E-state index contributed by atoms with van der Waals surface area (Å²) in [5.74, 6) is 0.630. The van der Waals surface area contributed by atoms with E-state index in [0.717, 1.165) is 14.2 Å². The SMILES string of the molecule is CC(O)c1ccc(OCc2ccc(Br)s2)c(Cl)c1. The highest BCUT2D eigenvalue weighted by Gasteiger charge is 2.07. The summed E-state index contributed by atoms with van der Waals surface area (Å²) < 4.78 is 6.73. The molecule has 2 nitrogen and oxygen atoms in total. The molecule has 0 radical (unpaired) electrons. The Morgan fingerprint density at radius 1 is 1.39 bits per heavy atom. The maximum atomic E-state index is 9.45. The number of benzene rings is 1. The second-order valence-corrected chi connectivity index (χ2v) is 6.82. The molecular weight excluding hydrogens is 336 g/mol. The molecule has 1 heterocycles. The van der Waals surface area contributed by atoms with E-state index in [9.17, 15) is 5.11 Å². The molecule has 1 aromatic carbocycles. The molecule has 0 fully saturated rings. The highest BCUT2D eigenvalue weighted by molar-refractivity contribution is 9.11. The monoisotopic (exact) mass is 346 g/mol. The lowest BCUT2D eigenvalue weighted by Crippen LogP contribution is -1.96. The van der Waals surface area contributed by atoms with Gasteiger partial charge in [0.15, 0.2) is 0 Å². The van der Waals surface area contributed by atoms with Crippen molar-refractivity contribution in [3.05, 3.63) is 49.6 Å². The minimum atomic E-state index is -0.523. The van der Waals surface area contributed by atoms with Crippen LogP contribution in [-0.4, -0.2) is 5.11 Å². The maximum Gasteiger partial charge on any atom is 0.138 e. The third-order valence-corrected chi connectivity index (χ3v) is 4.33. The van der Waals surface area contributed by atoms with Gasteiger partial charge in [-0.1, -0.05) is 17.7 Å². The third-order valence-electron chi connectivity index (χ3n) is 2.44. The van der Waals surface area contributed by atoms with Gasteiger partial charge in [0, 0.05) is 4.88 Å². The average molecular weight is 348 g/mol. The number of hydrogen-bond donors (Lipinski definition) is 1. The Kier molecular flexibility index (Phi) is 4.67. The van der Waals surface area contributed by atoms with Crippen LogP contribution in [0.15, 0.2) is 34.1 Å². The molecule has 2 aromatic rings. The number of aliphatic hydroxyl groups excluding tert-OH is 1. The Balaban J connectivity index is 2.05. The summed E-state index contributed by atoms with van der Waals surface area (Å²) in [6.07, 6.45) is -0.523. The normalized spacial score (nSPS) is 12.4. The van der Waals surface area contributed by atoms with Crippen LogP contribution < -0.4 is 4.74 Å². The summed E-state index contributed by atoms with van der Waals surface area (Å²) in [5, 5.41) is 9.96. The molecule has 2 rings (SSSR count). The van der Waals surface area contributed by atoms with Gasteiger partial charge < -0.3 is 9.84 Å². The van der Waals surface area contributed by atoms with Gasteiger partial charge in [-0.05, 0) is 52.7 Å². The van der Waals surface area contributed by atoms with Gasteiger partial charge in [-0.3, -0.25) is 0 Å². The van der Waals surface area contributed by atoms with Gasteiger partial charge in [0.05, 0.1) is 14.9 Å². The summed E-state index contributed by atoms with van der Waals surface area (Å²) in [7, 11) is 0. The summed E-state index contributed by atoms with van der Waals surface area (Å²) in [5.41, 5.74) is 0.784. The molecule has 0 amide bonds. The lowest BCUT2D eigenvalue weighted by Gasteiger charge is -2.10.